The van der Waals surface area contributed by atoms with E-state index in [1.54, 1.807) is 6.92 Å². The van der Waals surface area contributed by atoms with Crippen molar-refractivity contribution in [3.8, 4) is 5.75 Å². The van der Waals surface area contributed by atoms with Gasteiger partial charge in [-0.25, -0.2) is 0 Å². The predicted molar refractivity (Wildman–Crippen MR) is 75.3 cm³/mol. The maximum atomic E-state index is 11.7. The number of ether oxygens (including phenoxy) is 1. The maximum absolute atomic E-state index is 11.7. The summed E-state index contributed by atoms with van der Waals surface area (Å²) in [5.41, 5.74) is 2.04. The minimum atomic E-state index is -0.421. The van der Waals surface area contributed by atoms with E-state index in [2.05, 4.69) is 5.32 Å². The molecule has 0 heterocycles. The van der Waals surface area contributed by atoms with Crippen LogP contribution in [0, 0.1) is 13.8 Å². The number of benzene rings is 1. The molecule has 2 unspecified atom stereocenters. The highest BCUT2D eigenvalue weighted by Gasteiger charge is 2.11. The molecule has 0 aliphatic heterocycles. The van der Waals surface area contributed by atoms with Crippen molar-refractivity contribution in [2.75, 3.05) is 6.61 Å². The Bertz CT molecular complexity index is 409. The van der Waals surface area contributed by atoms with Gasteiger partial charge in [-0.3, -0.25) is 4.79 Å². The third kappa shape index (κ3) is 5.30. The fourth-order valence-electron chi connectivity index (χ4n) is 2.05. The third-order valence-corrected chi connectivity index (χ3v) is 2.86. The Kier molecular flexibility index (Phi) is 5.83. The van der Waals surface area contributed by atoms with Gasteiger partial charge in [0.25, 0.3) is 5.91 Å². The van der Waals surface area contributed by atoms with Crippen molar-refractivity contribution in [1.29, 1.82) is 0 Å². The molecule has 4 heteroatoms. The second-order valence-corrected chi connectivity index (χ2v) is 5.06. The van der Waals surface area contributed by atoms with Gasteiger partial charge in [0.1, 0.15) is 5.75 Å². The Labute approximate surface area is 114 Å². The highest BCUT2D eigenvalue weighted by Crippen LogP contribution is 2.21. The van der Waals surface area contributed by atoms with Gasteiger partial charge in [-0.05, 0) is 45.2 Å². The van der Waals surface area contributed by atoms with Crippen LogP contribution < -0.4 is 10.1 Å². The largest absolute Gasteiger partial charge is 0.483 e. The SMILES string of the molecule is Cc1cccc(C)c1OCC(=O)NC(C)CC(C)O. The summed E-state index contributed by atoms with van der Waals surface area (Å²) in [6.45, 7) is 7.47. The zero-order chi connectivity index (χ0) is 14.4. The van der Waals surface area contributed by atoms with Crippen LogP contribution in [0.3, 0.4) is 0 Å². The van der Waals surface area contributed by atoms with Crippen molar-refractivity contribution in [2.45, 2.75) is 46.3 Å². The third-order valence-electron chi connectivity index (χ3n) is 2.86. The summed E-state index contributed by atoms with van der Waals surface area (Å²) in [5, 5.41) is 12.0. The van der Waals surface area contributed by atoms with E-state index in [9.17, 15) is 9.90 Å². The van der Waals surface area contributed by atoms with Crippen molar-refractivity contribution in [2.24, 2.45) is 0 Å². The lowest BCUT2D eigenvalue weighted by molar-refractivity contribution is -0.123. The van der Waals surface area contributed by atoms with Gasteiger partial charge in [0.15, 0.2) is 6.61 Å². The van der Waals surface area contributed by atoms with Gasteiger partial charge in [-0.2, -0.15) is 0 Å². The number of aryl methyl sites for hydroxylation is 2. The van der Waals surface area contributed by atoms with Crippen molar-refractivity contribution >= 4 is 5.91 Å². The summed E-state index contributed by atoms with van der Waals surface area (Å²) in [6.07, 6.45) is 0.115. The molecule has 1 amide bonds. The molecule has 0 aliphatic rings. The summed E-state index contributed by atoms with van der Waals surface area (Å²) < 4.78 is 5.56. The van der Waals surface area contributed by atoms with E-state index in [4.69, 9.17) is 4.74 Å². The second-order valence-electron chi connectivity index (χ2n) is 5.06. The zero-order valence-electron chi connectivity index (χ0n) is 12.1. The fraction of sp³-hybridized carbons (Fsp3) is 0.533. The molecule has 106 valence electrons. The lowest BCUT2D eigenvalue weighted by Gasteiger charge is -2.16. The average molecular weight is 265 g/mol. The predicted octanol–water partition coefficient (Wildman–Crippen LogP) is 1.96. The van der Waals surface area contributed by atoms with E-state index in [0.29, 0.717) is 6.42 Å². The van der Waals surface area contributed by atoms with Gasteiger partial charge >= 0.3 is 0 Å². The van der Waals surface area contributed by atoms with Gasteiger partial charge in [-0.15, -0.1) is 0 Å². The van der Waals surface area contributed by atoms with Gasteiger partial charge in [0.05, 0.1) is 6.10 Å². The molecule has 19 heavy (non-hydrogen) atoms. The maximum Gasteiger partial charge on any atom is 0.258 e. The molecule has 0 fully saturated rings. The van der Waals surface area contributed by atoms with Crippen LogP contribution in [0.4, 0.5) is 0 Å². The molecule has 0 spiro atoms. The van der Waals surface area contributed by atoms with Crippen LogP contribution >= 0.6 is 0 Å². The Hall–Kier alpha value is -1.55. The van der Waals surface area contributed by atoms with Crippen LogP contribution in [-0.4, -0.2) is 29.8 Å². The van der Waals surface area contributed by atoms with Gasteiger partial charge in [0.2, 0.25) is 0 Å². The fourth-order valence-corrected chi connectivity index (χ4v) is 2.05. The van der Waals surface area contributed by atoms with Crippen molar-refractivity contribution < 1.29 is 14.6 Å². The first-order chi connectivity index (χ1) is 8.90. The molecule has 0 aliphatic carbocycles. The van der Waals surface area contributed by atoms with Gasteiger partial charge in [0, 0.05) is 6.04 Å². The molecule has 0 saturated carbocycles. The highest BCUT2D eigenvalue weighted by molar-refractivity contribution is 5.77. The van der Waals surface area contributed by atoms with Gasteiger partial charge < -0.3 is 15.2 Å². The second kappa shape index (κ2) is 7.14. The molecular weight excluding hydrogens is 242 g/mol. The Morgan fingerprint density at radius 2 is 1.89 bits per heavy atom. The Balaban J connectivity index is 2.46. The minimum Gasteiger partial charge on any atom is -0.483 e. The summed E-state index contributed by atoms with van der Waals surface area (Å²) >= 11 is 0. The van der Waals surface area contributed by atoms with E-state index in [0.717, 1.165) is 16.9 Å². The van der Waals surface area contributed by atoms with E-state index in [-0.39, 0.29) is 18.6 Å². The number of rotatable bonds is 6. The van der Waals surface area contributed by atoms with Crippen molar-refractivity contribution in [3.05, 3.63) is 29.3 Å². The summed E-state index contributed by atoms with van der Waals surface area (Å²) in [5.74, 6) is 0.594. The van der Waals surface area contributed by atoms with Crippen molar-refractivity contribution in [1.82, 2.24) is 5.32 Å². The number of nitrogens with one attached hydrogen (secondary N) is 1. The quantitative estimate of drug-likeness (QED) is 0.826. The topological polar surface area (TPSA) is 58.6 Å². The Morgan fingerprint density at radius 3 is 2.42 bits per heavy atom. The number of carbonyl (C=O) groups is 1. The van der Waals surface area contributed by atoms with E-state index in [1.165, 1.54) is 0 Å². The number of amides is 1. The molecule has 1 rings (SSSR count). The number of aliphatic hydroxyl groups excluding tert-OH is 1. The van der Waals surface area contributed by atoms with E-state index >= 15 is 0 Å². The van der Waals surface area contributed by atoms with E-state index < -0.39 is 6.10 Å². The first-order valence-electron chi connectivity index (χ1n) is 6.56. The molecular formula is C15H23NO3. The minimum absolute atomic E-state index is 0.00412. The molecule has 4 nitrogen and oxygen atoms in total. The lowest BCUT2D eigenvalue weighted by atomic mass is 10.1. The standard InChI is InChI=1S/C15H23NO3/c1-10-6-5-7-11(2)15(10)19-9-14(18)16-12(3)8-13(4)17/h5-7,12-13,17H,8-9H2,1-4H3,(H,16,18). The number of carbonyl (C=O) groups excluding carboxylic acids is 1. The van der Waals surface area contributed by atoms with Crippen LogP contribution in [-0.2, 0) is 4.79 Å². The average Bonchev–Trinajstić information content (AvgIpc) is 2.26. The number of para-hydroxylation sites is 1. The lowest BCUT2D eigenvalue weighted by Crippen LogP contribution is -2.37. The number of hydrogen-bond donors (Lipinski definition) is 2. The normalized spacial score (nSPS) is 13.7. The molecule has 0 bridgehead atoms. The summed E-state index contributed by atoms with van der Waals surface area (Å²) in [7, 11) is 0. The molecule has 2 N–H and O–H groups in total. The van der Waals surface area contributed by atoms with Crippen LogP contribution in [0.1, 0.15) is 31.4 Å². The summed E-state index contributed by atoms with van der Waals surface area (Å²) in [4.78, 5) is 11.7. The molecule has 0 aromatic heterocycles. The van der Waals surface area contributed by atoms with Crippen LogP contribution in [0.25, 0.3) is 0 Å². The molecule has 1 aromatic rings. The smallest absolute Gasteiger partial charge is 0.258 e. The van der Waals surface area contributed by atoms with Gasteiger partial charge in [-0.1, -0.05) is 18.2 Å². The summed E-state index contributed by atoms with van der Waals surface area (Å²) in [6, 6.07) is 5.81. The van der Waals surface area contributed by atoms with Crippen LogP contribution in [0.5, 0.6) is 5.75 Å². The Morgan fingerprint density at radius 1 is 1.32 bits per heavy atom. The monoisotopic (exact) mass is 265 g/mol. The zero-order valence-corrected chi connectivity index (χ0v) is 12.1. The molecule has 2 atom stereocenters. The molecule has 1 aromatic carbocycles. The molecule has 0 radical (unpaired) electrons. The number of hydrogen-bond acceptors (Lipinski definition) is 3. The van der Waals surface area contributed by atoms with E-state index in [1.807, 2.05) is 39.0 Å². The van der Waals surface area contributed by atoms with Crippen LogP contribution in [0.2, 0.25) is 0 Å². The first kappa shape index (κ1) is 15.5. The number of aliphatic hydroxyl groups is 1. The van der Waals surface area contributed by atoms with Crippen LogP contribution in [0.15, 0.2) is 18.2 Å². The first-order valence-corrected chi connectivity index (χ1v) is 6.56. The highest BCUT2D eigenvalue weighted by atomic mass is 16.5. The molecule has 0 saturated heterocycles. The van der Waals surface area contributed by atoms with Crippen molar-refractivity contribution in [3.63, 3.8) is 0 Å².